The SMILES string of the molecule is CC(=N)c1ccc2nnc(Sc3ccc4ncc(N5CCN(C)CC5)cc4c3)n2n1. The second-order valence-electron chi connectivity index (χ2n) is 7.54. The van der Waals surface area contributed by atoms with Gasteiger partial charge in [0.05, 0.1) is 23.1 Å². The van der Waals surface area contributed by atoms with Crippen molar-refractivity contribution >= 4 is 39.7 Å². The molecule has 1 saturated heterocycles. The van der Waals surface area contributed by atoms with Gasteiger partial charge in [-0.05, 0) is 62.1 Å². The van der Waals surface area contributed by atoms with E-state index in [4.69, 9.17) is 5.41 Å². The lowest BCUT2D eigenvalue weighted by atomic mass is 10.2. The molecule has 152 valence electrons. The Bertz CT molecular complexity index is 1240. The Labute approximate surface area is 178 Å². The second kappa shape index (κ2) is 7.66. The highest BCUT2D eigenvalue weighted by molar-refractivity contribution is 7.99. The number of pyridine rings is 1. The third-order valence-corrected chi connectivity index (χ3v) is 6.26. The smallest absolute Gasteiger partial charge is 0.217 e. The summed E-state index contributed by atoms with van der Waals surface area (Å²) in [5, 5.41) is 22.6. The first-order chi connectivity index (χ1) is 14.6. The standard InChI is InChI=1S/C21H22N8S/c1-14(22)18-5-6-20-24-25-21(29(20)26-18)30-17-3-4-19-15(12-17)11-16(13-23-19)28-9-7-27(2)8-10-28/h3-6,11-13,22H,7-10H2,1-2H3. The summed E-state index contributed by atoms with van der Waals surface area (Å²) >= 11 is 1.51. The van der Waals surface area contributed by atoms with Crippen LogP contribution >= 0.6 is 11.8 Å². The van der Waals surface area contributed by atoms with Crippen molar-refractivity contribution in [2.45, 2.75) is 17.0 Å². The van der Waals surface area contributed by atoms with Gasteiger partial charge in [0.1, 0.15) is 5.69 Å². The lowest BCUT2D eigenvalue weighted by Crippen LogP contribution is -2.44. The molecule has 8 nitrogen and oxygen atoms in total. The molecule has 4 heterocycles. The van der Waals surface area contributed by atoms with Gasteiger partial charge in [-0.2, -0.15) is 9.61 Å². The minimum absolute atomic E-state index is 0.412. The molecule has 0 bridgehead atoms. The van der Waals surface area contributed by atoms with Gasteiger partial charge in [-0.15, -0.1) is 10.2 Å². The highest BCUT2D eigenvalue weighted by Crippen LogP contribution is 2.30. The first kappa shape index (κ1) is 19.0. The van der Waals surface area contributed by atoms with Crippen LogP contribution in [0.15, 0.2) is 52.6 Å². The van der Waals surface area contributed by atoms with Crippen LogP contribution in [-0.4, -0.2) is 68.6 Å². The van der Waals surface area contributed by atoms with Crippen molar-refractivity contribution in [3.63, 3.8) is 0 Å². The average Bonchev–Trinajstić information content (AvgIpc) is 3.16. The number of fused-ring (bicyclic) bond motifs is 2. The van der Waals surface area contributed by atoms with E-state index in [-0.39, 0.29) is 0 Å². The molecule has 1 fully saturated rings. The van der Waals surface area contributed by atoms with Crippen molar-refractivity contribution in [1.29, 1.82) is 5.41 Å². The number of hydrogen-bond acceptors (Lipinski definition) is 8. The van der Waals surface area contributed by atoms with E-state index in [1.165, 1.54) is 17.4 Å². The molecule has 1 aliphatic rings. The van der Waals surface area contributed by atoms with E-state index < -0.39 is 0 Å². The molecule has 1 aliphatic heterocycles. The zero-order valence-electron chi connectivity index (χ0n) is 16.9. The van der Waals surface area contributed by atoms with Crippen molar-refractivity contribution < 1.29 is 0 Å². The number of piperazine rings is 1. The van der Waals surface area contributed by atoms with Gasteiger partial charge in [-0.1, -0.05) is 0 Å². The van der Waals surface area contributed by atoms with Gasteiger partial charge in [0.2, 0.25) is 5.16 Å². The van der Waals surface area contributed by atoms with E-state index in [1.54, 1.807) is 17.5 Å². The normalized spacial score (nSPS) is 15.2. The lowest BCUT2D eigenvalue weighted by molar-refractivity contribution is 0.313. The first-order valence-corrected chi connectivity index (χ1v) is 10.7. The predicted molar refractivity (Wildman–Crippen MR) is 119 cm³/mol. The van der Waals surface area contributed by atoms with E-state index in [1.807, 2.05) is 24.4 Å². The maximum atomic E-state index is 7.82. The fourth-order valence-electron chi connectivity index (χ4n) is 3.54. The van der Waals surface area contributed by atoms with Crippen LogP contribution in [0, 0.1) is 5.41 Å². The summed E-state index contributed by atoms with van der Waals surface area (Å²) in [4.78, 5) is 10.5. The Morgan fingerprint density at radius 2 is 1.87 bits per heavy atom. The third kappa shape index (κ3) is 3.61. The number of nitrogens with zero attached hydrogens (tertiary/aromatic N) is 7. The Balaban J connectivity index is 1.45. The molecule has 0 aliphatic carbocycles. The van der Waals surface area contributed by atoms with Crippen LogP contribution in [0.5, 0.6) is 0 Å². The number of nitrogens with one attached hydrogen (secondary N) is 1. The molecule has 4 aromatic rings. The Hall–Kier alpha value is -3.04. The van der Waals surface area contributed by atoms with Gasteiger partial charge in [0.15, 0.2) is 5.65 Å². The molecular formula is C21H22N8S. The van der Waals surface area contributed by atoms with Crippen molar-refractivity contribution in [3.8, 4) is 0 Å². The van der Waals surface area contributed by atoms with E-state index in [2.05, 4.69) is 49.3 Å². The van der Waals surface area contributed by atoms with E-state index >= 15 is 0 Å². The summed E-state index contributed by atoms with van der Waals surface area (Å²) in [6.07, 6.45) is 1.97. The number of aromatic nitrogens is 5. The Morgan fingerprint density at radius 1 is 1.03 bits per heavy atom. The molecule has 0 spiro atoms. The van der Waals surface area contributed by atoms with Crippen LogP contribution < -0.4 is 4.90 Å². The summed E-state index contributed by atoms with van der Waals surface area (Å²) in [5.74, 6) is 0. The van der Waals surface area contributed by atoms with Gasteiger partial charge in [-0.3, -0.25) is 4.98 Å². The molecule has 1 N–H and O–H groups in total. The molecule has 0 unspecified atom stereocenters. The topological polar surface area (TPSA) is 86.3 Å². The summed E-state index contributed by atoms with van der Waals surface area (Å²) in [5.41, 5.74) is 3.84. The second-order valence-corrected chi connectivity index (χ2v) is 8.58. The largest absolute Gasteiger partial charge is 0.368 e. The average molecular weight is 419 g/mol. The van der Waals surface area contributed by atoms with Crippen molar-refractivity contribution in [2.75, 3.05) is 38.1 Å². The fraction of sp³-hybridized carbons (Fsp3) is 0.286. The fourth-order valence-corrected chi connectivity index (χ4v) is 4.37. The molecule has 1 aromatic carbocycles. The lowest BCUT2D eigenvalue weighted by Gasteiger charge is -2.33. The maximum Gasteiger partial charge on any atom is 0.217 e. The molecule has 5 rings (SSSR count). The minimum Gasteiger partial charge on any atom is -0.368 e. The number of anilines is 1. The summed E-state index contributed by atoms with van der Waals surface area (Å²) < 4.78 is 1.70. The zero-order chi connectivity index (χ0) is 20.7. The highest BCUT2D eigenvalue weighted by Gasteiger charge is 2.15. The van der Waals surface area contributed by atoms with Crippen LogP contribution in [0.2, 0.25) is 0 Å². The number of hydrogen-bond donors (Lipinski definition) is 1. The Kier molecular flexibility index (Phi) is 4.84. The zero-order valence-corrected chi connectivity index (χ0v) is 17.7. The maximum absolute atomic E-state index is 7.82. The molecule has 0 atom stereocenters. The van der Waals surface area contributed by atoms with Gasteiger partial charge in [-0.25, -0.2) is 0 Å². The van der Waals surface area contributed by atoms with E-state index in [0.29, 0.717) is 22.2 Å². The summed E-state index contributed by atoms with van der Waals surface area (Å²) in [6.45, 7) is 5.89. The van der Waals surface area contributed by atoms with Crippen LogP contribution in [0.25, 0.3) is 16.6 Å². The third-order valence-electron chi connectivity index (χ3n) is 5.33. The van der Waals surface area contributed by atoms with Crippen molar-refractivity contribution in [2.24, 2.45) is 0 Å². The van der Waals surface area contributed by atoms with Crippen LogP contribution in [-0.2, 0) is 0 Å². The van der Waals surface area contributed by atoms with E-state index in [0.717, 1.165) is 42.0 Å². The van der Waals surface area contributed by atoms with Gasteiger partial charge < -0.3 is 15.2 Å². The highest BCUT2D eigenvalue weighted by atomic mass is 32.2. The molecular weight excluding hydrogens is 396 g/mol. The van der Waals surface area contributed by atoms with Crippen molar-refractivity contribution in [1.82, 2.24) is 29.7 Å². The quantitative estimate of drug-likeness (QED) is 0.510. The molecule has 0 amide bonds. The van der Waals surface area contributed by atoms with Gasteiger partial charge >= 0.3 is 0 Å². The number of benzene rings is 1. The Morgan fingerprint density at radius 3 is 2.67 bits per heavy atom. The van der Waals surface area contributed by atoms with Gasteiger partial charge in [0, 0.05) is 36.5 Å². The monoisotopic (exact) mass is 418 g/mol. The first-order valence-electron chi connectivity index (χ1n) is 9.86. The van der Waals surface area contributed by atoms with Gasteiger partial charge in [0.25, 0.3) is 0 Å². The summed E-state index contributed by atoms with van der Waals surface area (Å²) in [7, 11) is 2.16. The summed E-state index contributed by atoms with van der Waals surface area (Å²) in [6, 6.07) is 12.1. The molecule has 9 heteroatoms. The molecule has 0 saturated carbocycles. The minimum atomic E-state index is 0.412. The van der Waals surface area contributed by atoms with Crippen molar-refractivity contribution in [3.05, 3.63) is 48.3 Å². The molecule has 3 aromatic heterocycles. The number of rotatable bonds is 4. The number of likely N-dealkylation sites (N-methyl/N-ethyl adjacent to an activating group) is 1. The van der Waals surface area contributed by atoms with E-state index in [9.17, 15) is 0 Å². The predicted octanol–water partition coefficient (Wildman–Crippen LogP) is 2.96. The van der Waals surface area contributed by atoms with Crippen LogP contribution in [0.3, 0.4) is 0 Å². The molecule has 30 heavy (non-hydrogen) atoms. The van der Waals surface area contributed by atoms with Crippen LogP contribution in [0.4, 0.5) is 5.69 Å². The van der Waals surface area contributed by atoms with Crippen LogP contribution in [0.1, 0.15) is 12.6 Å². The molecule has 0 radical (unpaired) electrons.